The molecule has 37 heavy (non-hydrogen) atoms. The first-order chi connectivity index (χ1) is 17.8. The van der Waals surface area contributed by atoms with Crippen molar-refractivity contribution >= 4 is 0 Å². The second kappa shape index (κ2) is 12.2. The van der Waals surface area contributed by atoms with E-state index in [1.54, 1.807) is 25.3 Å². The second-order valence-corrected chi connectivity index (χ2v) is 9.44. The number of aryl methyl sites for hydroxylation is 1. The normalized spacial score (nSPS) is 35.1. The molecule has 0 saturated carbocycles. The van der Waals surface area contributed by atoms with Crippen LogP contribution < -0.4 is 9.47 Å². The third-order valence-corrected chi connectivity index (χ3v) is 7.06. The zero-order valence-electron chi connectivity index (χ0n) is 20.8. The van der Waals surface area contributed by atoms with E-state index in [1.807, 2.05) is 12.1 Å². The fraction of sp³-hybridized carbons (Fsp3) is 0.615. The van der Waals surface area contributed by atoms with Crippen LogP contribution in [0.2, 0.25) is 0 Å². The van der Waals surface area contributed by atoms with Gasteiger partial charge in [-0.15, -0.1) is 0 Å². The van der Waals surface area contributed by atoms with Crippen LogP contribution in [-0.4, -0.2) is 114 Å². The van der Waals surface area contributed by atoms with Gasteiger partial charge in [0.1, 0.15) is 42.7 Å². The average molecular weight is 525 g/mol. The summed E-state index contributed by atoms with van der Waals surface area (Å²) in [5.74, 6) is 0.625. The lowest BCUT2D eigenvalue weighted by Gasteiger charge is -2.40. The first kappa shape index (κ1) is 28.0. The minimum atomic E-state index is -1.56. The molecule has 2 aliphatic heterocycles. The number of benzene rings is 1. The van der Waals surface area contributed by atoms with E-state index in [0.29, 0.717) is 24.3 Å². The molecule has 4 rings (SSSR count). The Kier molecular flexibility index (Phi) is 9.22. The van der Waals surface area contributed by atoms with Gasteiger partial charge in [0, 0.05) is 19.3 Å². The Hall–Kier alpha value is -2.06. The van der Waals surface area contributed by atoms with Crippen molar-refractivity contribution in [2.45, 2.75) is 67.8 Å². The van der Waals surface area contributed by atoms with Gasteiger partial charge in [0.05, 0.1) is 26.2 Å². The van der Waals surface area contributed by atoms with Gasteiger partial charge >= 0.3 is 0 Å². The minimum absolute atomic E-state index is 0.0155. The molecular weight excluding hydrogens is 488 g/mol. The molecule has 1 aromatic rings. The van der Waals surface area contributed by atoms with Crippen LogP contribution in [0.3, 0.4) is 0 Å². The molecule has 11 heteroatoms. The van der Waals surface area contributed by atoms with E-state index in [0.717, 1.165) is 16.7 Å². The number of rotatable bonds is 10. The van der Waals surface area contributed by atoms with Crippen LogP contribution >= 0.6 is 0 Å². The van der Waals surface area contributed by atoms with Crippen LogP contribution in [-0.2, 0) is 20.6 Å². The standard InChI is InChI=1S/C26H36O11/c1-33-18-10-14(5-6-17(18)29)24-16(12-35-26-23(32)22(31)21(30)20(11-28)36-26)15-8-13(4-3-7-27)9-19(34-2)25(15)37-24/h5-6,8-10,16-18,20-24,26-32H,3-4,7,11-12H2,1-2H3/t16-,17+,18+,20+,21+,22-,23+,24+,26+/m0/s1. The first-order valence-electron chi connectivity index (χ1n) is 12.3. The number of hydrogen-bond acceptors (Lipinski definition) is 11. The van der Waals surface area contributed by atoms with Crippen molar-refractivity contribution in [2.24, 2.45) is 0 Å². The van der Waals surface area contributed by atoms with Gasteiger partial charge < -0.3 is 54.3 Å². The van der Waals surface area contributed by atoms with Gasteiger partial charge in [-0.1, -0.05) is 18.2 Å². The molecule has 0 unspecified atom stereocenters. The summed E-state index contributed by atoms with van der Waals surface area (Å²) < 4.78 is 28.8. The molecule has 11 nitrogen and oxygen atoms in total. The maximum absolute atomic E-state index is 10.4. The predicted octanol–water partition coefficient (Wildman–Crippen LogP) is -0.847. The van der Waals surface area contributed by atoms with Gasteiger partial charge in [0.25, 0.3) is 0 Å². The fourth-order valence-corrected chi connectivity index (χ4v) is 4.98. The molecule has 1 aliphatic carbocycles. The van der Waals surface area contributed by atoms with Crippen molar-refractivity contribution in [3.8, 4) is 11.5 Å². The van der Waals surface area contributed by atoms with Crippen LogP contribution in [0.4, 0.5) is 0 Å². The zero-order valence-corrected chi connectivity index (χ0v) is 20.8. The van der Waals surface area contributed by atoms with Gasteiger partial charge in [0.2, 0.25) is 0 Å². The van der Waals surface area contributed by atoms with E-state index in [1.165, 1.54) is 7.11 Å². The second-order valence-electron chi connectivity index (χ2n) is 9.44. The number of fused-ring (bicyclic) bond motifs is 1. The van der Waals surface area contributed by atoms with E-state index in [-0.39, 0.29) is 13.2 Å². The molecule has 0 spiro atoms. The lowest BCUT2D eigenvalue weighted by molar-refractivity contribution is -0.302. The monoisotopic (exact) mass is 524 g/mol. The summed E-state index contributed by atoms with van der Waals surface area (Å²) in [6, 6.07) is 3.82. The van der Waals surface area contributed by atoms with Gasteiger partial charge in [-0.25, -0.2) is 0 Å². The van der Waals surface area contributed by atoms with Crippen LogP contribution in [0.15, 0.2) is 35.9 Å². The highest BCUT2D eigenvalue weighted by molar-refractivity contribution is 5.56. The third-order valence-electron chi connectivity index (χ3n) is 7.06. The molecule has 9 atom stereocenters. The summed E-state index contributed by atoms with van der Waals surface area (Å²) in [7, 11) is 3.04. The van der Waals surface area contributed by atoms with Gasteiger partial charge in [-0.05, 0) is 36.1 Å². The molecule has 0 aromatic heterocycles. The lowest BCUT2D eigenvalue weighted by atomic mass is 9.87. The first-order valence-corrected chi connectivity index (χ1v) is 12.3. The van der Waals surface area contributed by atoms with Crippen molar-refractivity contribution in [1.82, 2.24) is 0 Å². The number of aliphatic hydroxyl groups is 6. The van der Waals surface area contributed by atoms with E-state index in [9.17, 15) is 30.6 Å². The number of methoxy groups -OCH3 is 2. The van der Waals surface area contributed by atoms with Crippen molar-refractivity contribution in [3.05, 3.63) is 47.1 Å². The topological polar surface area (TPSA) is 168 Å². The molecule has 0 bridgehead atoms. The number of aliphatic hydroxyl groups excluding tert-OH is 6. The Bertz CT molecular complexity index is 978. The van der Waals surface area contributed by atoms with E-state index < -0.39 is 61.5 Å². The molecule has 0 radical (unpaired) electrons. The van der Waals surface area contributed by atoms with Crippen molar-refractivity contribution in [1.29, 1.82) is 0 Å². The Morgan fingerprint density at radius 2 is 1.78 bits per heavy atom. The average Bonchev–Trinajstić information content (AvgIpc) is 3.28. The van der Waals surface area contributed by atoms with Crippen molar-refractivity contribution < 1.29 is 54.3 Å². The summed E-state index contributed by atoms with van der Waals surface area (Å²) >= 11 is 0. The maximum Gasteiger partial charge on any atom is 0.186 e. The van der Waals surface area contributed by atoms with Gasteiger partial charge in [-0.2, -0.15) is 0 Å². The maximum atomic E-state index is 10.4. The van der Waals surface area contributed by atoms with E-state index in [4.69, 9.17) is 23.7 Å². The van der Waals surface area contributed by atoms with Crippen LogP contribution in [0.5, 0.6) is 11.5 Å². The van der Waals surface area contributed by atoms with Crippen molar-refractivity contribution in [3.63, 3.8) is 0 Å². The summed E-state index contributed by atoms with van der Waals surface area (Å²) in [5, 5.41) is 59.7. The Morgan fingerprint density at radius 3 is 2.46 bits per heavy atom. The van der Waals surface area contributed by atoms with E-state index in [2.05, 4.69) is 0 Å². The Balaban J connectivity index is 1.65. The van der Waals surface area contributed by atoms with Gasteiger partial charge in [0.15, 0.2) is 17.8 Å². The fourth-order valence-electron chi connectivity index (χ4n) is 4.98. The molecule has 1 saturated heterocycles. The summed E-state index contributed by atoms with van der Waals surface area (Å²) in [4.78, 5) is 0. The van der Waals surface area contributed by atoms with Crippen molar-refractivity contribution in [2.75, 3.05) is 34.0 Å². The molecule has 6 N–H and O–H groups in total. The highest BCUT2D eigenvalue weighted by atomic mass is 16.7. The predicted molar refractivity (Wildman–Crippen MR) is 129 cm³/mol. The number of hydrogen-bond donors (Lipinski definition) is 6. The molecule has 206 valence electrons. The highest BCUT2D eigenvalue weighted by Gasteiger charge is 2.46. The molecule has 3 aliphatic rings. The smallest absolute Gasteiger partial charge is 0.186 e. The SMILES string of the molecule is COc1cc(CCCO)cc2c1O[C@H](C1=C[C@@H](OC)[C@H](O)C=C1)[C@H]2CO[C@@H]1O[C@H](CO)[C@@H](O)[C@H](O)[C@H]1O. The largest absolute Gasteiger partial charge is 0.493 e. The summed E-state index contributed by atoms with van der Waals surface area (Å²) in [6.07, 6.45) is -2.57. The summed E-state index contributed by atoms with van der Waals surface area (Å²) in [6.45, 7) is -0.536. The Morgan fingerprint density at radius 1 is 1.00 bits per heavy atom. The molecule has 1 fully saturated rings. The lowest BCUT2D eigenvalue weighted by Crippen LogP contribution is -2.59. The quantitative estimate of drug-likeness (QED) is 0.226. The molecule has 1 aromatic carbocycles. The molecule has 0 amide bonds. The zero-order chi connectivity index (χ0) is 26.7. The number of ether oxygens (including phenoxy) is 5. The van der Waals surface area contributed by atoms with Crippen LogP contribution in [0.1, 0.15) is 23.5 Å². The van der Waals surface area contributed by atoms with E-state index >= 15 is 0 Å². The van der Waals surface area contributed by atoms with Gasteiger partial charge in [-0.3, -0.25) is 0 Å². The minimum Gasteiger partial charge on any atom is -0.493 e. The molecule has 2 heterocycles. The van der Waals surface area contributed by atoms with Crippen LogP contribution in [0, 0.1) is 0 Å². The third kappa shape index (κ3) is 5.70. The van der Waals surface area contributed by atoms with Crippen LogP contribution in [0.25, 0.3) is 0 Å². The Labute approximate surface area is 215 Å². The summed E-state index contributed by atoms with van der Waals surface area (Å²) in [5.41, 5.74) is 2.47. The highest BCUT2D eigenvalue weighted by Crippen LogP contribution is 2.48. The molecular formula is C26H36O11.